The fraction of sp³-hybridized carbons (Fsp3) is 0.333. The summed E-state index contributed by atoms with van der Waals surface area (Å²) in [6.45, 7) is 0.930. The molecular formula is C15H16N2O. The second kappa shape index (κ2) is 3.97. The molecule has 0 bridgehead atoms. The SMILES string of the molecule is c1ccc2c(c1)CCc1ccn(C3CCNO3)c1-2. The van der Waals surface area contributed by atoms with Gasteiger partial charge in [-0.15, -0.1) is 0 Å². The number of aryl methyl sites for hydroxylation is 2. The Morgan fingerprint density at radius 3 is 2.89 bits per heavy atom. The molecule has 0 spiro atoms. The lowest BCUT2D eigenvalue weighted by molar-refractivity contribution is -0.00805. The molecule has 1 unspecified atom stereocenters. The fourth-order valence-corrected chi connectivity index (χ4v) is 3.07. The van der Waals surface area contributed by atoms with Crippen molar-refractivity contribution >= 4 is 0 Å². The normalized spacial score (nSPS) is 21.7. The second-order valence-electron chi connectivity index (χ2n) is 5.01. The summed E-state index contributed by atoms with van der Waals surface area (Å²) in [5.74, 6) is 0. The Hall–Kier alpha value is -1.58. The van der Waals surface area contributed by atoms with E-state index in [1.165, 1.54) is 22.4 Å². The van der Waals surface area contributed by atoms with Gasteiger partial charge in [-0.2, -0.15) is 5.48 Å². The Bertz CT molecular complexity index is 582. The quantitative estimate of drug-likeness (QED) is 0.829. The Morgan fingerprint density at radius 1 is 1.11 bits per heavy atom. The third kappa shape index (κ3) is 1.44. The predicted molar refractivity (Wildman–Crippen MR) is 70.0 cm³/mol. The molecule has 1 aliphatic carbocycles. The molecule has 1 aromatic heterocycles. The van der Waals surface area contributed by atoms with E-state index in [1.807, 2.05) is 0 Å². The van der Waals surface area contributed by atoms with Crippen LogP contribution in [0.4, 0.5) is 0 Å². The topological polar surface area (TPSA) is 26.2 Å². The summed E-state index contributed by atoms with van der Waals surface area (Å²) < 4.78 is 2.29. The molecule has 1 fully saturated rings. The number of fused-ring (bicyclic) bond motifs is 3. The van der Waals surface area contributed by atoms with Crippen molar-refractivity contribution in [2.24, 2.45) is 0 Å². The summed E-state index contributed by atoms with van der Waals surface area (Å²) in [6.07, 6.45) is 5.63. The molecule has 4 rings (SSSR count). The van der Waals surface area contributed by atoms with E-state index in [-0.39, 0.29) is 6.23 Å². The highest BCUT2D eigenvalue weighted by atomic mass is 16.7. The van der Waals surface area contributed by atoms with Gasteiger partial charge in [-0.3, -0.25) is 4.84 Å². The molecule has 2 aromatic rings. The van der Waals surface area contributed by atoms with Gasteiger partial charge in [0.1, 0.15) is 0 Å². The molecule has 18 heavy (non-hydrogen) atoms. The number of hydrogen-bond donors (Lipinski definition) is 1. The Balaban J connectivity index is 1.88. The van der Waals surface area contributed by atoms with Crippen molar-refractivity contribution in [3.05, 3.63) is 47.7 Å². The first kappa shape index (κ1) is 10.4. The first-order valence-electron chi connectivity index (χ1n) is 6.60. The van der Waals surface area contributed by atoms with Crippen LogP contribution >= 0.6 is 0 Å². The lowest BCUT2D eigenvalue weighted by atomic mass is 9.90. The number of nitrogens with one attached hydrogen (secondary N) is 1. The van der Waals surface area contributed by atoms with Crippen LogP contribution < -0.4 is 5.48 Å². The third-order valence-electron chi connectivity index (χ3n) is 3.96. The molecule has 3 heteroatoms. The van der Waals surface area contributed by atoms with Gasteiger partial charge in [0.2, 0.25) is 0 Å². The van der Waals surface area contributed by atoms with E-state index in [0.29, 0.717) is 0 Å². The Kier molecular flexibility index (Phi) is 2.28. The lowest BCUT2D eigenvalue weighted by Gasteiger charge is -2.22. The van der Waals surface area contributed by atoms with Crippen LogP contribution in [-0.2, 0) is 17.7 Å². The maximum absolute atomic E-state index is 5.59. The van der Waals surface area contributed by atoms with Crippen LogP contribution in [0, 0.1) is 0 Å². The highest BCUT2D eigenvalue weighted by Crippen LogP contribution is 2.36. The monoisotopic (exact) mass is 240 g/mol. The van der Waals surface area contributed by atoms with Crippen LogP contribution in [0.5, 0.6) is 0 Å². The third-order valence-corrected chi connectivity index (χ3v) is 3.96. The van der Waals surface area contributed by atoms with Crippen LogP contribution in [0.1, 0.15) is 23.8 Å². The van der Waals surface area contributed by atoms with Gasteiger partial charge in [0.15, 0.2) is 6.23 Å². The standard InChI is InChI=1S/C15H16N2O/c1-2-4-13-11(3-1)5-6-12-8-10-17(15(12)13)14-7-9-16-18-14/h1-4,8,10,14,16H,5-7,9H2. The zero-order valence-corrected chi connectivity index (χ0v) is 10.2. The summed E-state index contributed by atoms with van der Waals surface area (Å²) in [6, 6.07) is 11.0. The molecule has 1 saturated heterocycles. The summed E-state index contributed by atoms with van der Waals surface area (Å²) >= 11 is 0. The van der Waals surface area contributed by atoms with Crippen LogP contribution in [0.25, 0.3) is 11.3 Å². The van der Waals surface area contributed by atoms with Gasteiger partial charge >= 0.3 is 0 Å². The zero-order valence-electron chi connectivity index (χ0n) is 10.2. The molecule has 92 valence electrons. The predicted octanol–water partition coefficient (Wildman–Crippen LogP) is 2.68. The molecule has 0 radical (unpaired) electrons. The van der Waals surface area contributed by atoms with Gasteiger partial charge in [0.25, 0.3) is 0 Å². The summed E-state index contributed by atoms with van der Waals surface area (Å²) in [7, 11) is 0. The number of hydrogen-bond acceptors (Lipinski definition) is 2. The summed E-state index contributed by atoms with van der Waals surface area (Å²) in [5.41, 5.74) is 8.60. The van der Waals surface area contributed by atoms with Crippen molar-refractivity contribution in [2.75, 3.05) is 6.54 Å². The number of nitrogens with zero attached hydrogens (tertiary/aromatic N) is 1. The van der Waals surface area contributed by atoms with E-state index in [0.717, 1.165) is 25.8 Å². The highest BCUT2D eigenvalue weighted by Gasteiger charge is 2.25. The molecule has 1 atom stereocenters. The van der Waals surface area contributed by atoms with E-state index < -0.39 is 0 Å². The van der Waals surface area contributed by atoms with Gasteiger partial charge in [-0.05, 0) is 30.0 Å². The molecule has 1 N–H and O–H groups in total. The van der Waals surface area contributed by atoms with Crippen molar-refractivity contribution in [3.8, 4) is 11.3 Å². The van der Waals surface area contributed by atoms with Crippen LogP contribution in [0.3, 0.4) is 0 Å². The smallest absolute Gasteiger partial charge is 0.155 e. The number of hydroxylamine groups is 1. The van der Waals surface area contributed by atoms with Crippen molar-refractivity contribution in [3.63, 3.8) is 0 Å². The molecule has 1 aromatic carbocycles. The molecule has 2 heterocycles. The van der Waals surface area contributed by atoms with Crippen molar-refractivity contribution in [1.29, 1.82) is 0 Å². The Labute approximate surface area is 106 Å². The minimum Gasteiger partial charge on any atom is -0.319 e. The molecule has 0 amide bonds. The second-order valence-corrected chi connectivity index (χ2v) is 5.01. The average molecular weight is 240 g/mol. The summed E-state index contributed by atoms with van der Waals surface area (Å²) in [4.78, 5) is 5.59. The largest absolute Gasteiger partial charge is 0.319 e. The van der Waals surface area contributed by atoms with Gasteiger partial charge < -0.3 is 4.57 Å². The summed E-state index contributed by atoms with van der Waals surface area (Å²) in [5, 5.41) is 0. The number of benzene rings is 1. The molecule has 3 nitrogen and oxygen atoms in total. The van der Waals surface area contributed by atoms with Crippen LogP contribution in [0.2, 0.25) is 0 Å². The first-order chi connectivity index (χ1) is 8.93. The van der Waals surface area contributed by atoms with Crippen molar-refractivity contribution < 1.29 is 4.84 Å². The average Bonchev–Trinajstić information content (AvgIpc) is 3.07. The van der Waals surface area contributed by atoms with Gasteiger partial charge in [-0.1, -0.05) is 24.3 Å². The molecule has 1 aliphatic heterocycles. The number of aromatic nitrogens is 1. The number of rotatable bonds is 1. The van der Waals surface area contributed by atoms with E-state index in [4.69, 9.17) is 4.84 Å². The Morgan fingerprint density at radius 2 is 2.00 bits per heavy atom. The van der Waals surface area contributed by atoms with Crippen molar-refractivity contribution in [2.45, 2.75) is 25.5 Å². The van der Waals surface area contributed by atoms with Gasteiger partial charge in [-0.25, -0.2) is 0 Å². The van der Waals surface area contributed by atoms with Crippen LogP contribution in [-0.4, -0.2) is 11.1 Å². The maximum Gasteiger partial charge on any atom is 0.155 e. The van der Waals surface area contributed by atoms with Gasteiger partial charge in [0, 0.05) is 24.7 Å². The van der Waals surface area contributed by atoms with Crippen molar-refractivity contribution in [1.82, 2.24) is 10.0 Å². The first-order valence-corrected chi connectivity index (χ1v) is 6.60. The van der Waals surface area contributed by atoms with E-state index in [1.54, 1.807) is 0 Å². The zero-order chi connectivity index (χ0) is 11.9. The lowest BCUT2D eigenvalue weighted by Crippen LogP contribution is -2.13. The molecular weight excluding hydrogens is 224 g/mol. The minimum atomic E-state index is 0.139. The fourth-order valence-electron chi connectivity index (χ4n) is 3.07. The van der Waals surface area contributed by atoms with E-state index in [9.17, 15) is 0 Å². The maximum atomic E-state index is 5.59. The van der Waals surface area contributed by atoms with Gasteiger partial charge in [0.05, 0.1) is 5.69 Å². The van der Waals surface area contributed by atoms with E-state index in [2.05, 4.69) is 46.6 Å². The van der Waals surface area contributed by atoms with E-state index >= 15 is 0 Å². The molecule has 0 saturated carbocycles. The minimum absolute atomic E-state index is 0.139. The highest BCUT2D eigenvalue weighted by molar-refractivity contribution is 5.70. The van der Waals surface area contributed by atoms with Crippen LogP contribution in [0.15, 0.2) is 36.5 Å². The molecule has 2 aliphatic rings.